The Hall–Kier alpha value is -2.09. The molecule has 0 bridgehead atoms. The van der Waals surface area contributed by atoms with E-state index in [1.54, 1.807) is 34.1 Å². The molecule has 2 amide bonds. The highest BCUT2D eigenvalue weighted by Gasteiger charge is 2.32. The van der Waals surface area contributed by atoms with Crippen molar-refractivity contribution in [1.29, 1.82) is 0 Å². The fourth-order valence-corrected chi connectivity index (χ4v) is 5.06. The number of ether oxygens (including phenoxy) is 1. The fraction of sp³-hybridized carbons (Fsp3) is 0.529. The van der Waals surface area contributed by atoms with E-state index in [4.69, 9.17) is 4.74 Å². The van der Waals surface area contributed by atoms with Gasteiger partial charge in [-0.05, 0) is 24.5 Å². The summed E-state index contributed by atoms with van der Waals surface area (Å²) in [6, 6.07) is 8.86. The third-order valence-corrected chi connectivity index (χ3v) is 6.47. The van der Waals surface area contributed by atoms with Gasteiger partial charge in [-0.25, -0.2) is 13.2 Å². The van der Waals surface area contributed by atoms with Crippen LogP contribution in [0.4, 0.5) is 4.79 Å². The predicted octanol–water partition coefficient (Wildman–Crippen LogP) is 1.15. The normalized spacial score (nSPS) is 22.6. The predicted molar refractivity (Wildman–Crippen MR) is 92.0 cm³/mol. The van der Waals surface area contributed by atoms with Gasteiger partial charge in [-0.1, -0.05) is 18.2 Å². The smallest absolute Gasteiger partial charge is 0.410 e. The van der Waals surface area contributed by atoms with Crippen LogP contribution in [0.2, 0.25) is 0 Å². The fourth-order valence-electron chi connectivity index (χ4n) is 3.20. The van der Waals surface area contributed by atoms with E-state index in [2.05, 4.69) is 0 Å². The van der Waals surface area contributed by atoms with Gasteiger partial charge in [0.05, 0.1) is 11.5 Å². The molecule has 0 spiro atoms. The minimum atomic E-state index is -2.96. The van der Waals surface area contributed by atoms with E-state index < -0.39 is 15.9 Å². The van der Waals surface area contributed by atoms with Crippen LogP contribution in [0.25, 0.3) is 0 Å². The van der Waals surface area contributed by atoms with Gasteiger partial charge in [0.1, 0.15) is 5.75 Å². The average molecular weight is 366 g/mol. The summed E-state index contributed by atoms with van der Waals surface area (Å²) in [5.74, 6) is 0.691. The molecule has 2 saturated heterocycles. The van der Waals surface area contributed by atoms with Gasteiger partial charge in [-0.3, -0.25) is 4.79 Å². The highest BCUT2D eigenvalue weighted by molar-refractivity contribution is 7.91. The summed E-state index contributed by atoms with van der Waals surface area (Å²) >= 11 is 0. The second-order valence-corrected chi connectivity index (χ2v) is 8.75. The van der Waals surface area contributed by atoms with Gasteiger partial charge in [0.25, 0.3) is 0 Å². The van der Waals surface area contributed by atoms with E-state index in [0.29, 0.717) is 38.3 Å². The lowest BCUT2D eigenvalue weighted by Crippen LogP contribution is -2.51. The van der Waals surface area contributed by atoms with Gasteiger partial charge in [0.15, 0.2) is 9.84 Å². The Bertz CT molecular complexity index is 727. The average Bonchev–Trinajstić information content (AvgIpc) is 2.94. The number of hydrogen-bond donors (Lipinski definition) is 0. The van der Waals surface area contributed by atoms with E-state index in [1.807, 2.05) is 6.07 Å². The summed E-state index contributed by atoms with van der Waals surface area (Å²) in [5.41, 5.74) is 0. The quantitative estimate of drug-likeness (QED) is 0.801. The molecule has 8 heteroatoms. The van der Waals surface area contributed by atoms with Gasteiger partial charge in [-0.2, -0.15) is 0 Å². The molecular weight excluding hydrogens is 344 g/mol. The molecule has 3 rings (SSSR count). The van der Waals surface area contributed by atoms with Crippen LogP contribution >= 0.6 is 0 Å². The van der Waals surface area contributed by atoms with Crippen molar-refractivity contribution in [3.05, 3.63) is 30.3 Å². The lowest BCUT2D eigenvalue weighted by molar-refractivity contribution is -0.133. The summed E-state index contributed by atoms with van der Waals surface area (Å²) < 4.78 is 28.3. The number of carbonyl (C=O) groups excluding carboxylic acids is 2. The monoisotopic (exact) mass is 366 g/mol. The third kappa shape index (κ3) is 4.72. The number of rotatable bonds is 3. The molecule has 25 heavy (non-hydrogen) atoms. The molecule has 2 aliphatic heterocycles. The summed E-state index contributed by atoms with van der Waals surface area (Å²) in [6.07, 6.45) is 0.422. The zero-order chi connectivity index (χ0) is 17.9. The minimum Gasteiger partial charge on any atom is -0.410 e. The number of benzene rings is 1. The number of para-hydroxylation sites is 1. The molecule has 2 heterocycles. The van der Waals surface area contributed by atoms with Crippen LogP contribution in [-0.4, -0.2) is 67.9 Å². The number of piperazine rings is 1. The van der Waals surface area contributed by atoms with Crippen molar-refractivity contribution in [2.75, 3.05) is 37.7 Å². The van der Waals surface area contributed by atoms with Gasteiger partial charge in [0.2, 0.25) is 5.91 Å². The number of amides is 2. The molecule has 1 aromatic rings. The molecule has 136 valence electrons. The third-order valence-electron chi connectivity index (χ3n) is 4.63. The number of sulfone groups is 1. The topological polar surface area (TPSA) is 84.0 Å². The van der Waals surface area contributed by atoms with Crippen molar-refractivity contribution in [1.82, 2.24) is 9.80 Å². The second-order valence-electron chi connectivity index (χ2n) is 6.52. The van der Waals surface area contributed by atoms with Gasteiger partial charge >= 0.3 is 6.09 Å². The Morgan fingerprint density at radius 1 is 1.04 bits per heavy atom. The summed E-state index contributed by atoms with van der Waals surface area (Å²) in [4.78, 5) is 27.7. The van der Waals surface area contributed by atoms with Crippen LogP contribution in [0.5, 0.6) is 5.75 Å². The largest absolute Gasteiger partial charge is 0.415 e. The molecule has 0 aromatic heterocycles. The van der Waals surface area contributed by atoms with Gasteiger partial charge in [-0.15, -0.1) is 0 Å². The molecule has 2 aliphatic rings. The Labute approximate surface area is 147 Å². The molecule has 2 fully saturated rings. The van der Waals surface area contributed by atoms with Gasteiger partial charge in [0, 0.05) is 32.6 Å². The van der Waals surface area contributed by atoms with E-state index in [-0.39, 0.29) is 29.8 Å². The van der Waals surface area contributed by atoms with Gasteiger partial charge < -0.3 is 14.5 Å². The number of nitrogens with zero attached hydrogens (tertiary/aromatic N) is 2. The van der Waals surface area contributed by atoms with E-state index >= 15 is 0 Å². The highest BCUT2D eigenvalue weighted by atomic mass is 32.2. The maximum atomic E-state index is 12.3. The first-order chi connectivity index (χ1) is 11.9. The number of hydrogen-bond acceptors (Lipinski definition) is 5. The van der Waals surface area contributed by atoms with E-state index in [0.717, 1.165) is 0 Å². The van der Waals surface area contributed by atoms with Crippen molar-refractivity contribution in [3.8, 4) is 5.75 Å². The van der Waals surface area contributed by atoms with E-state index in [9.17, 15) is 18.0 Å². The van der Waals surface area contributed by atoms with Crippen LogP contribution in [0.3, 0.4) is 0 Å². The van der Waals surface area contributed by atoms with Crippen LogP contribution < -0.4 is 4.74 Å². The lowest BCUT2D eigenvalue weighted by atomic mass is 10.0. The van der Waals surface area contributed by atoms with Crippen LogP contribution in [0.15, 0.2) is 30.3 Å². The molecule has 1 aromatic carbocycles. The molecule has 1 atom stereocenters. The molecule has 0 N–H and O–H groups in total. The summed E-state index contributed by atoms with van der Waals surface area (Å²) in [7, 11) is -2.96. The summed E-state index contributed by atoms with van der Waals surface area (Å²) in [6.45, 7) is 1.73. The highest BCUT2D eigenvalue weighted by Crippen LogP contribution is 2.22. The van der Waals surface area contributed by atoms with Crippen molar-refractivity contribution < 1.29 is 22.7 Å². The maximum absolute atomic E-state index is 12.3. The Balaban J connectivity index is 1.45. The summed E-state index contributed by atoms with van der Waals surface area (Å²) in [5, 5.41) is 0. The lowest BCUT2D eigenvalue weighted by Gasteiger charge is -2.34. The SMILES string of the molecule is O=C(CC1CCS(=O)(=O)C1)N1CCN(C(=O)Oc2ccccc2)CC1. The first-order valence-corrected chi connectivity index (χ1v) is 10.2. The van der Waals surface area contributed by atoms with E-state index in [1.165, 1.54) is 0 Å². The maximum Gasteiger partial charge on any atom is 0.415 e. The Kier molecular flexibility index (Phi) is 5.27. The molecule has 0 radical (unpaired) electrons. The zero-order valence-corrected chi connectivity index (χ0v) is 14.8. The van der Waals surface area contributed by atoms with Crippen LogP contribution in [-0.2, 0) is 14.6 Å². The Morgan fingerprint density at radius 3 is 2.28 bits per heavy atom. The van der Waals surface area contributed by atoms with Crippen molar-refractivity contribution in [2.24, 2.45) is 5.92 Å². The number of carbonyl (C=O) groups is 2. The van der Waals surface area contributed by atoms with Crippen molar-refractivity contribution >= 4 is 21.8 Å². The molecule has 1 unspecified atom stereocenters. The minimum absolute atomic E-state index is 0.0295. The van der Waals surface area contributed by atoms with Crippen molar-refractivity contribution in [3.63, 3.8) is 0 Å². The van der Waals surface area contributed by atoms with Crippen LogP contribution in [0, 0.1) is 5.92 Å². The molecule has 0 aliphatic carbocycles. The Morgan fingerprint density at radius 2 is 1.68 bits per heavy atom. The first kappa shape index (κ1) is 17.7. The molecule has 0 saturated carbocycles. The zero-order valence-electron chi connectivity index (χ0n) is 14.0. The molecular formula is C17H22N2O5S. The first-order valence-electron chi connectivity index (χ1n) is 8.43. The second kappa shape index (κ2) is 7.43. The molecule has 7 nitrogen and oxygen atoms in total. The standard InChI is InChI=1S/C17H22N2O5S/c20-16(12-14-6-11-25(22,23)13-14)18-7-9-19(10-8-18)17(21)24-15-4-2-1-3-5-15/h1-5,14H,6-13H2. The van der Waals surface area contributed by atoms with Crippen LogP contribution in [0.1, 0.15) is 12.8 Å². The van der Waals surface area contributed by atoms with Crippen molar-refractivity contribution in [2.45, 2.75) is 12.8 Å².